The van der Waals surface area contributed by atoms with Crippen molar-refractivity contribution in [3.05, 3.63) is 82.7 Å². The van der Waals surface area contributed by atoms with Crippen LogP contribution in [-0.4, -0.2) is 33.5 Å². The first-order valence-electron chi connectivity index (χ1n) is 11.7. The number of amides is 1. The molecule has 5 rings (SSSR count). The highest BCUT2D eigenvalue weighted by Crippen LogP contribution is 2.41. The number of nitrogens with zero attached hydrogens (tertiary/aromatic N) is 3. The highest BCUT2D eigenvalue weighted by atomic mass is 19.2. The third-order valence-corrected chi connectivity index (χ3v) is 6.93. The number of halogens is 3. The Hall–Kier alpha value is -3.55. The molecule has 2 unspecified atom stereocenters. The molecule has 0 saturated carbocycles. The first-order valence-corrected chi connectivity index (χ1v) is 11.7. The molecule has 2 aromatic carbocycles. The Kier molecular flexibility index (Phi) is 6.13. The maximum absolute atomic E-state index is 14.0. The number of ether oxygens (including phenoxy) is 1. The lowest BCUT2D eigenvalue weighted by Gasteiger charge is -2.46. The standard InChI is InChI=1S/C27H26F3N3O2/c1-16-14-32(15-31-16)24-9-6-17(11-25(24)35-2)10-18-7-8-20-4-3-5-23(33(20)27(18)34)19-12-21(28)26(30)22(29)13-19/h6,9-15,20,23H,3-5,7-8H2,1-2H3/b18-10+. The van der Waals surface area contributed by atoms with Gasteiger partial charge in [0.1, 0.15) is 5.75 Å². The summed E-state index contributed by atoms with van der Waals surface area (Å²) in [5, 5.41) is 0. The van der Waals surface area contributed by atoms with Crippen molar-refractivity contribution in [3.63, 3.8) is 0 Å². The van der Waals surface area contributed by atoms with Gasteiger partial charge in [0.2, 0.25) is 0 Å². The van der Waals surface area contributed by atoms with Crippen LogP contribution in [0.1, 0.15) is 55.0 Å². The maximum atomic E-state index is 14.0. The van der Waals surface area contributed by atoms with Gasteiger partial charge in [0.05, 0.1) is 30.9 Å². The average molecular weight is 482 g/mol. The summed E-state index contributed by atoms with van der Waals surface area (Å²) in [6, 6.07) is 7.23. The fourth-order valence-corrected chi connectivity index (χ4v) is 5.25. The van der Waals surface area contributed by atoms with Crippen molar-refractivity contribution in [2.24, 2.45) is 0 Å². The van der Waals surface area contributed by atoms with Crippen LogP contribution >= 0.6 is 0 Å². The summed E-state index contributed by atoms with van der Waals surface area (Å²) in [5.41, 5.74) is 3.46. The van der Waals surface area contributed by atoms with Crippen LogP contribution in [0.4, 0.5) is 13.2 Å². The van der Waals surface area contributed by atoms with Crippen molar-refractivity contribution in [1.29, 1.82) is 0 Å². The Morgan fingerprint density at radius 1 is 1.09 bits per heavy atom. The zero-order valence-corrected chi connectivity index (χ0v) is 19.6. The number of methoxy groups -OCH3 is 1. The predicted octanol–water partition coefficient (Wildman–Crippen LogP) is 5.91. The van der Waals surface area contributed by atoms with Gasteiger partial charge in [-0.15, -0.1) is 0 Å². The number of piperidine rings is 2. The highest BCUT2D eigenvalue weighted by Gasteiger charge is 2.39. The second kappa shape index (κ2) is 9.24. The van der Waals surface area contributed by atoms with Crippen LogP contribution in [-0.2, 0) is 4.79 Å². The molecule has 0 bridgehead atoms. The van der Waals surface area contributed by atoms with Crippen LogP contribution in [0.15, 0.2) is 48.4 Å². The Morgan fingerprint density at radius 3 is 2.54 bits per heavy atom. The molecule has 2 aliphatic heterocycles. The van der Waals surface area contributed by atoms with Gasteiger partial charge in [-0.1, -0.05) is 6.07 Å². The van der Waals surface area contributed by atoms with Gasteiger partial charge >= 0.3 is 0 Å². The van der Waals surface area contributed by atoms with E-state index in [4.69, 9.17) is 4.74 Å². The summed E-state index contributed by atoms with van der Waals surface area (Å²) in [7, 11) is 1.59. The lowest BCUT2D eigenvalue weighted by Crippen LogP contribution is -2.49. The number of rotatable bonds is 4. The average Bonchev–Trinajstić information content (AvgIpc) is 3.29. The quantitative estimate of drug-likeness (QED) is 0.344. The van der Waals surface area contributed by atoms with Crippen molar-refractivity contribution in [2.45, 2.75) is 51.1 Å². The number of hydrogen-bond donors (Lipinski definition) is 0. The van der Waals surface area contributed by atoms with E-state index in [9.17, 15) is 18.0 Å². The summed E-state index contributed by atoms with van der Waals surface area (Å²) < 4.78 is 48.9. The van der Waals surface area contributed by atoms with Crippen molar-refractivity contribution in [1.82, 2.24) is 14.5 Å². The summed E-state index contributed by atoms with van der Waals surface area (Å²) in [6.45, 7) is 1.91. The lowest BCUT2D eigenvalue weighted by atomic mass is 9.83. The van der Waals surface area contributed by atoms with E-state index in [1.807, 2.05) is 42.0 Å². The summed E-state index contributed by atoms with van der Waals surface area (Å²) in [5.74, 6) is -3.46. The molecule has 3 heterocycles. The van der Waals surface area contributed by atoms with Crippen LogP contribution in [0.3, 0.4) is 0 Å². The van der Waals surface area contributed by atoms with Gasteiger partial charge in [0.25, 0.3) is 5.91 Å². The molecule has 0 aliphatic carbocycles. The minimum absolute atomic E-state index is 0.00373. The molecular weight excluding hydrogens is 455 g/mol. The molecule has 0 N–H and O–H groups in total. The summed E-state index contributed by atoms with van der Waals surface area (Å²) >= 11 is 0. The minimum atomic E-state index is -1.49. The second-order valence-electron chi connectivity index (χ2n) is 9.17. The largest absolute Gasteiger partial charge is 0.495 e. The van der Waals surface area contributed by atoms with E-state index >= 15 is 0 Å². The van der Waals surface area contributed by atoms with Gasteiger partial charge in [-0.2, -0.15) is 0 Å². The Balaban J connectivity index is 1.46. The molecule has 3 aromatic rings. The fraction of sp³-hybridized carbons (Fsp3) is 0.333. The molecule has 2 aliphatic rings. The molecule has 2 fully saturated rings. The smallest absolute Gasteiger partial charge is 0.250 e. The molecule has 1 aromatic heterocycles. The molecule has 2 atom stereocenters. The summed E-state index contributed by atoms with van der Waals surface area (Å²) in [4.78, 5) is 19.6. The molecule has 1 amide bonds. The number of carbonyl (C=O) groups is 1. The van der Waals surface area contributed by atoms with Crippen molar-refractivity contribution >= 4 is 12.0 Å². The van der Waals surface area contributed by atoms with Crippen molar-refractivity contribution < 1.29 is 22.7 Å². The molecule has 0 spiro atoms. The Labute approximate surface area is 201 Å². The third-order valence-electron chi connectivity index (χ3n) is 6.93. The van der Waals surface area contributed by atoms with Crippen molar-refractivity contribution in [2.75, 3.05) is 7.11 Å². The fourth-order valence-electron chi connectivity index (χ4n) is 5.25. The number of benzene rings is 2. The molecule has 8 heteroatoms. The van der Waals surface area contributed by atoms with E-state index in [1.165, 1.54) is 0 Å². The van der Waals surface area contributed by atoms with Gasteiger partial charge in [-0.05, 0) is 80.5 Å². The van der Waals surface area contributed by atoms with E-state index in [0.717, 1.165) is 48.3 Å². The van der Waals surface area contributed by atoms with Crippen LogP contribution in [0, 0.1) is 24.4 Å². The van der Waals surface area contributed by atoms with Gasteiger partial charge in [-0.3, -0.25) is 4.79 Å². The van der Waals surface area contributed by atoms with E-state index in [-0.39, 0.29) is 11.9 Å². The minimum Gasteiger partial charge on any atom is -0.495 e. The molecule has 5 nitrogen and oxygen atoms in total. The third kappa shape index (κ3) is 4.33. The Morgan fingerprint density at radius 2 is 1.86 bits per heavy atom. The van der Waals surface area contributed by atoms with E-state index in [0.29, 0.717) is 29.7 Å². The highest BCUT2D eigenvalue weighted by molar-refractivity contribution is 5.99. The van der Waals surface area contributed by atoms with E-state index < -0.39 is 23.5 Å². The van der Waals surface area contributed by atoms with Gasteiger partial charge in [0, 0.05) is 17.8 Å². The number of aryl methyl sites for hydroxylation is 1. The molecule has 2 saturated heterocycles. The number of imidazole rings is 1. The first-order chi connectivity index (χ1) is 16.9. The number of aromatic nitrogens is 2. The van der Waals surface area contributed by atoms with Crippen LogP contribution < -0.4 is 4.74 Å². The van der Waals surface area contributed by atoms with Crippen LogP contribution in [0.25, 0.3) is 11.8 Å². The maximum Gasteiger partial charge on any atom is 0.250 e. The predicted molar refractivity (Wildman–Crippen MR) is 126 cm³/mol. The molecule has 0 radical (unpaired) electrons. The van der Waals surface area contributed by atoms with Crippen LogP contribution in [0.2, 0.25) is 0 Å². The first kappa shape index (κ1) is 23.2. The Bertz CT molecular complexity index is 1290. The van der Waals surface area contributed by atoms with E-state index in [2.05, 4.69) is 4.98 Å². The van der Waals surface area contributed by atoms with Crippen molar-refractivity contribution in [3.8, 4) is 11.4 Å². The van der Waals surface area contributed by atoms with Gasteiger partial charge in [-0.25, -0.2) is 18.2 Å². The van der Waals surface area contributed by atoms with Gasteiger partial charge in [0.15, 0.2) is 17.5 Å². The summed E-state index contributed by atoms with van der Waals surface area (Å²) in [6.07, 6.45) is 9.10. The number of fused-ring (bicyclic) bond motifs is 1. The SMILES string of the molecule is COc1cc(/C=C2\CCC3CCCC(c4cc(F)c(F)c(F)c4)N3C2=O)ccc1-n1cnc(C)c1. The monoisotopic (exact) mass is 481 g/mol. The lowest BCUT2D eigenvalue weighted by molar-refractivity contribution is -0.136. The topological polar surface area (TPSA) is 47.4 Å². The molecular formula is C27H26F3N3O2. The van der Waals surface area contributed by atoms with E-state index in [1.54, 1.807) is 18.3 Å². The van der Waals surface area contributed by atoms with Gasteiger partial charge < -0.3 is 14.2 Å². The zero-order chi connectivity index (χ0) is 24.7. The molecule has 182 valence electrons. The zero-order valence-electron chi connectivity index (χ0n) is 19.6. The second-order valence-corrected chi connectivity index (χ2v) is 9.17. The number of carbonyl (C=O) groups excluding carboxylic acids is 1. The molecule has 35 heavy (non-hydrogen) atoms. The number of hydrogen-bond acceptors (Lipinski definition) is 3. The normalized spacial score (nSPS) is 21.3. The van der Waals surface area contributed by atoms with Crippen LogP contribution in [0.5, 0.6) is 5.75 Å².